The van der Waals surface area contributed by atoms with Crippen LogP contribution >= 0.6 is 23.2 Å². The number of hydrogen-bond acceptors (Lipinski definition) is 7. The molecule has 3 aromatic heterocycles. The minimum atomic E-state index is -0.377. The average molecular weight is 538 g/mol. The minimum absolute atomic E-state index is 0.193. The van der Waals surface area contributed by atoms with E-state index in [4.69, 9.17) is 27.9 Å². The number of nitrogens with one attached hydrogen (secondary N) is 2. The number of carbonyl (C=O) groups excluding carboxylic acids is 1. The van der Waals surface area contributed by atoms with Crippen LogP contribution in [0.3, 0.4) is 0 Å². The molecule has 2 aliphatic heterocycles. The van der Waals surface area contributed by atoms with Crippen molar-refractivity contribution in [1.82, 2.24) is 30.5 Å². The van der Waals surface area contributed by atoms with Crippen molar-refractivity contribution in [3.05, 3.63) is 58.6 Å². The predicted molar refractivity (Wildman–Crippen MR) is 142 cm³/mol. The number of H-pyrrole nitrogens is 1. The van der Waals surface area contributed by atoms with Gasteiger partial charge in [0.2, 0.25) is 11.9 Å². The van der Waals surface area contributed by atoms with Gasteiger partial charge in [0.25, 0.3) is 0 Å². The Labute approximate surface area is 223 Å². The maximum Gasteiger partial charge on any atom is 0.226 e. The molecule has 2 fully saturated rings. The SMILES string of the molecule is CC(Oc1ccc2[nH]nc(-c3cnc(N4CCC5(CCNC5=O)CC4)nc3)c2c1)c1c(Cl)cncc1Cl. The average Bonchev–Trinajstić information content (AvgIpc) is 3.48. The molecule has 4 aromatic rings. The first kappa shape index (κ1) is 23.9. The van der Waals surface area contributed by atoms with Crippen LogP contribution in [0.1, 0.15) is 37.9 Å². The van der Waals surface area contributed by atoms with Crippen molar-refractivity contribution in [3.63, 3.8) is 0 Å². The fourth-order valence-corrected chi connectivity index (χ4v) is 5.97. The molecule has 11 heteroatoms. The van der Waals surface area contributed by atoms with E-state index in [0.29, 0.717) is 27.3 Å². The van der Waals surface area contributed by atoms with Gasteiger partial charge >= 0.3 is 0 Å². The third-order valence-electron chi connectivity index (χ3n) is 7.43. The Bertz CT molecular complexity index is 1450. The van der Waals surface area contributed by atoms with E-state index in [2.05, 4.69) is 35.4 Å². The fraction of sp³-hybridized carbons (Fsp3) is 0.346. The topological polar surface area (TPSA) is 109 Å². The number of aromatic nitrogens is 5. The van der Waals surface area contributed by atoms with Crippen molar-refractivity contribution in [1.29, 1.82) is 0 Å². The first-order valence-corrected chi connectivity index (χ1v) is 13.0. The monoisotopic (exact) mass is 537 g/mol. The maximum atomic E-state index is 12.3. The number of fused-ring (bicyclic) bond motifs is 1. The molecule has 2 N–H and O–H groups in total. The van der Waals surface area contributed by atoms with Gasteiger partial charge in [0.1, 0.15) is 17.5 Å². The van der Waals surface area contributed by atoms with Gasteiger partial charge in [-0.15, -0.1) is 0 Å². The van der Waals surface area contributed by atoms with Gasteiger partial charge in [-0.2, -0.15) is 5.10 Å². The van der Waals surface area contributed by atoms with Gasteiger partial charge < -0.3 is 15.0 Å². The molecule has 37 heavy (non-hydrogen) atoms. The Hall–Kier alpha value is -3.43. The van der Waals surface area contributed by atoms with E-state index in [1.54, 1.807) is 24.8 Å². The van der Waals surface area contributed by atoms with E-state index in [-0.39, 0.29) is 17.4 Å². The van der Waals surface area contributed by atoms with Crippen LogP contribution in [-0.2, 0) is 4.79 Å². The first-order chi connectivity index (χ1) is 17.9. The molecule has 1 amide bonds. The minimum Gasteiger partial charge on any atom is -0.486 e. The van der Waals surface area contributed by atoms with E-state index in [0.717, 1.165) is 61.1 Å². The first-order valence-electron chi connectivity index (χ1n) is 12.2. The number of carbonyl (C=O) groups is 1. The Morgan fingerprint density at radius 3 is 2.46 bits per heavy atom. The van der Waals surface area contributed by atoms with Crippen molar-refractivity contribution >= 4 is 46.0 Å². The smallest absolute Gasteiger partial charge is 0.226 e. The number of anilines is 1. The van der Waals surface area contributed by atoms with Gasteiger partial charge in [0.05, 0.1) is 21.0 Å². The zero-order chi connectivity index (χ0) is 25.6. The number of piperidine rings is 1. The van der Waals surface area contributed by atoms with Crippen LogP contribution in [0.4, 0.5) is 5.95 Å². The molecule has 1 unspecified atom stereocenters. The molecule has 1 spiro atoms. The lowest BCUT2D eigenvalue weighted by atomic mass is 9.77. The van der Waals surface area contributed by atoms with Gasteiger partial charge in [-0.25, -0.2) is 9.97 Å². The number of ether oxygens (including phenoxy) is 1. The Kier molecular flexibility index (Phi) is 6.12. The number of pyridine rings is 1. The highest BCUT2D eigenvalue weighted by atomic mass is 35.5. The van der Waals surface area contributed by atoms with Crippen LogP contribution in [0.2, 0.25) is 10.0 Å². The Morgan fingerprint density at radius 1 is 1.05 bits per heavy atom. The van der Waals surface area contributed by atoms with E-state index >= 15 is 0 Å². The van der Waals surface area contributed by atoms with Gasteiger partial charge in [0, 0.05) is 60.9 Å². The molecule has 9 nitrogen and oxygen atoms in total. The lowest BCUT2D eigenvalue weighted by Gasteiger charge is -2.37. The molecule has 190 valence electrons. The van der Waals surface area contributed by atoms with Crippen LogP contribution in [-0.4, -0.2) is 50.7 Å². The molecule has 0 radical (unpaired) electrons. The third-order valence-corrected chi connectivity index (χ3v) is 8.03. The molecule has 0 bridgehead atoms. The van der Waals surface area contributed by atoms with Gasteiger partial charge in [-0.3, -0.25) is 14.9 Å². The fourth-order valence-electron chi connectivity index (χ4n) is 5.29. The number of halogens is 2. The number of aromatic amines is 1. The molecular weight excluding hydrogens is 513 g/mol. The molecule has 2 saturated heterocycles. The van der Waals surface area contributed by atoms with Crippen molar-refractivity contribution in [2.75, 3.05) is 24.5 Å². The van der Waals surface area contributed by atoms with Crippen molar-refractivity contribution in [2.45, 2.75) is 32.3 Å². The maximum absolute atomic E-state index is 12.3. The second-order valence-corrected chi connectivity index (χ2v) is 10.4. The summed E-state index contributed by atoms with van der Waals surface area (Å²) in [7, 11) is 0. The third kappa shape index (κ3) is 4.36. The van der Waals surface area contributed by atoms with E-state index in [9.17, 15) is 4.79 Å². The highest BCUT2D eigenvalue weighted by Crippen LogP contribution is 2.39. The Morgan fingerprint density at radius 2 is 1.78 bits per heavy atom. The molecule has 1 aromatic carbocycles. The van der Waals surface area contributed by atoms with Crippen LogP contribution < -0.4 is 15.0 Å². The van der Waals surface area contributed by atoms with Crippen LogP contribution in [0.15, 0.2) is 43.0 Å². The highest BCUT2D eigenvalue weighted by Gasteiger charge is 2.44. The second-order valence-electron chi connectivity index (χ2n) is 9.60. The second kappa shape index (κ2) is 9.46. The molecule has 0 saturated carbocycles. The molecule has 1 atom stereocenters. The zero-order valence-electron chi connectivity index (χ0n) is 20.2. The summed E-state index contributed by atoms with van der Waals surface area (Å²) in [6.07, 6.45) is 8.87. The van der Waals surface area contributed by atoms with Gasteiger partial charge in [0.15, 0.2) is 0 Å². The van der Waals surface area contributed by atoms with E-state index in [1.807, 2.05) is 25.1 Å². The lowest BCUT2D eigenvalue weighted by molar-refractivity contribution is -0.128. The van der Waals surface area contributed by atoms with Crippen LogP contribution in [0, 0.1) is 5.41 Å². The van der Waals surface area contributed by atoms with E-state index < -0.39 is 0 Å². The summed E-state index contributed by atoms with van der Waals surface area (Å²) in [5.74, 6) is 1.52. The largest absolute Gasteiger partial charge is 0.486 e. The summed E-state index contributed by atoms with van der Waals surface area (Å²) in [4.78, 5) is 27.7. The summed E-state index contributed by atoms with van der Waals surface area (Å²) in [5.41, 5.74) is 2.88. The van der Waals surface area contributed by atoms with Crippen LogP contribution in [0.25, 0.3) is 22.2 Å². The normalized spacial score (nSPS) is 17.8. The lowest BCUT2D eigenvalue weighted by Crippen LogP contribution is -2.44. The molecular formula is C26H25Cl2N7O2. The van der Waals surface area contributed by atoms with Gasteiger partial charge in [-0.1, -0.05) is 23.2 Å². The van der Waals surface area contributed by atoms with Crippen molar-refractivity contribution < 1.29 is 9.53 Å². The van der Waals surface area contributed by atoms with Gasteiger partial charge in [-0.05, 0) is 44.4 Å². The summed E-state index contributed by atoms with van der Waals surface area (Å²) in [5, 5.41) is 12.3. The molecule has 6 rings (SSSR count). The number of nitrogens with zero attached hydrogens (tertiary/aromatic N) is 5. The zero-order valence-corrected chi connectivity index (χ0v) is 21.7. The number of benzene rings is 1. The van der Waals surface area contributed by atoms with Crippen molar-refractivity contribution in [2.24, 2.45) is 5.41 Å². The highest BCUT2D eigenvalue weighted by molar-refractivity contribution is 6.35. The standard InChI is InChI=1S/C26H25Cl2N7O2/c1-15(22-19(27)13-29-14-20(22)28)37-17-2-3-21-18(10-17)23(34-33-21)16-11-31-25(32-12-16)35-8-5-26(6-9-35)4-7-30-24(26)36/h2-3,10-15H,4-9H2,1H3,(H,30,36)(H,33,34). The molecule has 5 heterocycles. The summed E-state index contributed by atoms with van der Waals surface area (Å²) in [6.45, 7) is 4.20. The quantitative estimate of drug-likeness (QED) is 0.369. The number of rotatable bonds is 5. The van der Waals surface area contributed by atoms with E-state index in [1.165, 1.54) is 0 Å². The number of amides is 1. The van der Waals surface area contributed by atoms with Crippen molar-refractivity contribution in [3.8, 4) is 17.0 Å². The predicted octanol–water partition coefficient (Wildman–Crippen LogP) is 4.97. The molecule has 0 aliphatic carbocycles. The summed E-state index contributed by atoms with van der Waals surface area (Å²) >= 11 is 12.6. The summed E-state index contributed by atoms with van der Waals surface area (Å²) < 4.78 is 6.17. The Balaban J connectivity index is 1.20. The summed E-state index contributed by atoms with van der Waals surface area (Å²) in [6, 6.07) is 5.72. The molecule has 2 aliphatic rings. The van der Waals surface area contributed by atoms with Crippen LogP contribution in [0.5, 0.6) is 5.75 Å². The number of hydrogen-bond donors (Lipinski definition) is 2.